The standard InChI is InChI=1S/C10H12N2OS2/c13-10(8-1-2-14-6-8)5-11-3-9-4-12-7-15-9/h1-2,4,6-7,10-11,13H,3,5H2. The molecule has 0 fully saturated rings. The van der Waals surface area contributed by atoms with Crippen LogP contribution in [0.25, 0.3) is 0 Å². The van der Waals surface area contributed by atoms with E-state index in [2.05, 4.69) is 10.3 Å². The second kappa shape index (κ2) is 5.37. The summed E-state index contributed by atoms with van der Waals surface area (Å²) >= 11 is 3.22. The molecule has 3 nitrogen and oxygen atoms in total. The lowest BCUT2D eigenvalue weighted by atomic mass is 10.2. The molecule has 2 rings (SSSR count). The number of hydrogen-bond acceptors (Lipinski definition) is 5. The molecular weight excluding hydrogens is 228 g/mol. The number of rotatable bonds is 5. The molecule has 1 unspecified atom stereocenters. The van der Waals surface area contributed by atoms with Crippen molar-refractivity contribution in [3.05, 3.63) is 39.0 Å². The summed E-state index contributed by atoms with van der Waals surface area (Å²) in [5.74, 6) is 0. The van der Waals surface area contributed by atoms with Crippen LogP contribution in [0.2, 0.25) is 0 Å². The van der Waals surface area contributed by atoms with E-state index in [1.165, 1.54) is 4.88 Å². The lowest BCUT2D eigenvalue weighted by Crippen LogP contribution is -2.20. The molecule has 0 aliphatic rings. The lowest BCUT2D eigenvalue weighted by Gasteiger charge is -2.09. The smallest absolute Gasteiger partial charge is 0.0922 e. The molecule has 1 atom stereocenters. The van der Waals surface area contributed by atoms with Gasteiger partial charge in [0.05, 0.1) is 11.6 Å². The Labute approximate surface area is 96.4 Å². The highest BCUT2D eigenvalue weighted by atomic mass is 32.1. The molecule has 2 aromatic heterocycles. The summed E-state index contributed by atoms with van der Waals surface area (Å²) < 4.78 is 0. The Morgan fingerprint density at radius 3 is 3.13 bits per heavy atom. The van der Waals surface area contributed by atoms with Gasteiger partial charge in [0, 0.05) is 24.2 Å². The van der Waals surface area contributed by atoms with Gasteiger partial charge in [-0.25, -0.2) is 0 Å². The number of nitrogens with zero attached hydrogens (tertiary/aromatic N) is 1. The Hall–Kier alpha value is -0.750. The lowest BCUT2D eigenvalue weighted by molar-refractivity contribution is 0.175. The average molecular weight is 240 g/mol. The van der Waals surface area contributed by atoms with Crippen molar-refractivity contribution in [1.82, 2.24) is 10.3 Å². The van der Waals surface area contributed by atoms with Crippen molar-refractivity contribution < 1.29 is 5.11 Å². The topological polar surface area (TPSA) is 45.1 Å². The van der Waals surface area contributed by atoms with Crippen LogP contribution in [0.3, 0.4) is 0 Å². The molecule has 0 saturated carbocycles. The molecular formula is C10H12N2OS2. The van der Waals surface area contributed by atoms with Crippen LogP contribution in [0.1, 0.15) is 16.5 Å². The minimum Gasteiger partial charge on any atom is -0.387 e. The summed E-state index contributed by atoms with van der Waals surface area (Å²) in [6.07, 6.45) is 1.43. The van der Waals surface area contributed by atoms with Crippen LogP contribution >= 0.6 is 22.7 Å². The number of aromatic nitrogens is 1. The van der Waals surface area contributed by atoms with Crippen LogP contribution in [-0.2, 0) is 6.54 Å². The van der Waals surface area contributed by atoms with Gasteiger partial charge in [0.1, 0.15) is 0 Å². The van der Waals surface area contributed by atoms with Gasteiger partial charge in [-0.3, -0.25) is 4.98 Å². The van der Waals surface area contributed by atoms with E-state index < -0.39 is 6.10 Å². The van der Waals surface area contributed by atoms with Crippen molar-refractivity contribution in [3.63, 3.8) is 0 Å². The highest BCUT2D eigenvalue weighted by molar-refractivity contribution is 7.09. The first-order valence-corrected chi connectivity index (χ1v) is 6.47. The molecule has 0 radical (unpaired) electrons. The Bertz CT molecular complexity index is 372. The maximum Gasteiger partial charge on any atom is 0.0922 e. The van der Waals surface area contributed by atoms with Crippen LogP contribution in [0.15, 0.2) is 28.5 Å². The molecule has 0 aromatic carbocycles. The van der Waals surface area contributed by atoms with Gasteiger partial charge in [-0.2, -0.15) is 11.3 Å². The fourth-order valence-electron chi connectivity index (χ4n) is 1.24. The SMILES string of the molecule is OC(CNCc1cncs1)c1ccsc1. The van der Waals surface area contributed by atoms with Gasteiger partial charge in [0.15, 0.2) is 0 Å². The quantitative estimate of drug-likeness (QED) is 0.840. The van der Waals surface area contributed by atoms with Crippen LogP contribution in [0.4, 0.5) is 0 Å². The predicted molar refractivity (Wildman–Crippen MR) is 63.1 cm³/mol. The van der Waals surface area contributed by atoms with E-state index in [1.807, 2.05) is 28.5 Å². The highest BCUT2D eigenvalue weighted by Gasteiger charge is 2.06. The molecule has 2 N–H and O–H groups in total. The summed E-state index contributed by atoms with van der Waals surface area (Å²) in [6, 6.07) is 1.95. The van der Waals surface area contributed by atoms with Gasteiger partial charge in [-0.1, -0.05) is 0 Å². The van der Waals surface area contributed by atoms with Crippen LogP contribution < -0.4 is 5.32 Å². The zero-order valence-electron chi connectivity index (χ0n) is 8.09. The van der Waals surface area contributed by atoms with Gasteiger partial charge < -0.3 is 10.4 Å². The fraction of sp³-hybridized carbons (Fsp3) is 0.300. The van der Waals surface area contributed by atoms with Crippen molar-refractivity contribution in [2.24, 2.45) is 0 Å². The second-order valence-electron chi connectivity index (χ2n) is 3.17. The summed E-state index contributed by atoms with van der Waals surface area (Å²) in [5.41, 5.74) is 2.79. The first-order chi connectivity index (χ1) is 7.36. The number of aliphatic hydroxyl groups is 1. The van der Waals surface area contributed by atoms with Crippen molar-refractivity contribution in [1.29, 1.82) is 0 Å². The number of hydrogen-bond donors (Lipinski definition) is 2. The normalized spacial score (nSPS) is 12.9. The van der Waals surface area contributed by atoms with Crippen molar-refractivity contribution >= 4 is 22.7 Å². The van der Waals surface area contributed by atoms with E-state index in [-0.39, 0.29) is 0 Å². The maximum atomic E-state index is 9.77. The number of thiazole rings is 1. The van der Waals surface area contributed by atoms with Gasteiger partial charge in [0.2, 0.25) is 0 Å². The summed E-state index contributed by atoms with van der Waals surface area (Å²) in [6.45, 7) is 1.35. The Kier molecular flexibility index (Phi) is 3.85. The molecule has 0 amide bonds. The van der Waals surface area contributed by atoms with Gasteiger partial charge in [-0.05, 0) is 22.4 Å². The molecule has 2 heterocycles. The molecule has 15 heavy (non-hydrogen) atoms. The molecule has 0 aliphatic carbocycles. The molecule has 5 heteroatoms. The predicted octanol–water partition coefficient (Wildman–Crippen LogP) is 2.03. The Balaban J connectivity index is 1.74. The third kappa shape index (κ3) is 3.10. The zero-order chi connectivity index (χ0) is 10.5. The Morgan fingerprint density at radius 2 is 2.47 bits per heavy atom. The molecule has 0 bridgehead atoms. The van der Waals surface area contributed by atoms with Crippen molar-refractivity contribution in [2.75, 3.05) is 6.54 Å². The summed E-state index contributed by atoms with van der Waals surface area (Å²) in [4.78, 5) is 5.18. The third-order valence-corrected chi connectivity index (χ3v) is 3.53. The summed E-state index contributed by atoms with van der Waals surface area (Å²) in [7, 11) is 0. The van der Waals surface area contributed by atoms with Crippen LogP contribution in [0.5, 0.6) is 0 Å². The number of thiophene rings is 1. The third-order valence-electron chi connectivity index (χ3n) is 2.05. The molecule has 0 aliphatic heterocycles. The highest BCUT2D eigenvalue weighted by Crippen LogP contribution is 2.15. The zero-order valence-corrected chi connectivity index (χ0v) is 9.72. The monoisotopic (exact) mass is 240 g/mol. The second-order valence-corrected chi connectivity index (χ2v) is 4.92. The van der Waals surface area contributed by atoms with E-state index in [0.29, 0.717) is 6.54 Å². The first-order valence-electron chi connectivity index (χ1n) is 4.64. The van der Waals surface area contributed by atoms with Gasteiger partial charge in [-0.15, -0.1) is 11.3 Å². The first kappa shape index (κ1) is 10.8. The van der Waals surface area contributed by atoms with Gasteiger partial charge >= 0.3 is 0 Å². The largest absolute Gasteiger partial charge is 0.387 e. The van der Waals surface area contributed by atoms with E-state index in [9.17, 15) is 5.11 Å². The number of nitrogens with one attached hydrogen (secondary N) is 1. The molecule has 2 aromatic rings. The van der Waals surface area contributed by atoms with Crippen LogP contribution in [-0.4, -0.2) is 16.6 Å². The van der Waals surface area contributed by atoms with E-state index in [1.54, 1.807) is 22.7 Å². The van der Waals surface area contributed by atoms with E-state index in [0.717, 1.165) is 12.1 Å². The van der Waals surface area contributed by atoms with Crippen LogP contribution in [0, 0.1) is 0 Å². The maximum absolute atomic E-state index is 9.77. The molecule has 80 valence electrons. The minimum absolute atomic E-state index is 0.413. The van der Waals surface area contributed by atoms with Gasteiger partial charge in [0.25, 0.3) is 0 Å². The minimum atomic E-state index is -0.413. The molecule has 0 saturated heterocycles. The Morgan fingerprint density at radius 1 is 1.53 bits per heavy atom. The van der Waals surface area contributed by atoms with E-state index >= 15 is 0 Å². The molecule has 0 spiro atoms. The van der Waals surface area contributed by atoms with E-state index in [4.69, 9.17) is 0 Å². The van der Waals surface area contributed by atoms with Crippen molar-refractivity contribution in [2.45, 2.75) is 12.6 Å². The van der Waals surface area contributed by atoms with Crippen molar-refractivity contribution in [3.8, 4) is 0 Å². The fourth-order valence-corrected chi connectivity index (χ4v) is 2.52. The number of aliphatic hydroxyl groups excluding tert-OH is 1. The average Bonchev–Trinajstić information content (AvgIpc) is 2.90. The summed E-state index contributed by atoms with van der Waals surface area (Å²) in [5, 5.41) is 16.9.